The van der Waals surface area contributed by atoms with Crippen LogP contribution in [-0.4, -0.2) is 11.5 Å². The number of alkyl halides is 1. The van der Waals surface area contributed by atoms with Crippen LogP contribution in [0.15, 0.2) is 23.7 Å². The minimum absolute atomic E-state index is 0.523. The first-order valence-electron chi connectivity index (χ1n) is 6.09. The topological polar surface area (TPSA) is 16.1 Å². The number of nitrogens with zero attached hydrogens (tertiary/aromatic N) is 2. The number of aryl methyl sites for hydroxylation is 1. The molecule has 1 aliphatic rings. The molecule has 0 saturated heterocycles. The first-order valence-corrected chi connectivity index (χ1v) is 7.51. The van der Waals surface area contributed by atoms with Crippen molar-refractivity contribution in [3.63, 3.8) is 0 Å². The van der Waals surface area contributed by atoms with E-state index in [4.69, 9.17) is 11.6 Å². The number of rotatable bonds is 2. The van der Waals surface area contributed by atoms with Gasteiger partial charge >= 0.3 is 0 Å². The molecule has 2 nitrogen and oxygen atoms in total. The molecule has 1 aliphatic heterocycles. The van der Waals surface area contributed by atoms with Crippen LogP contribution in [0.2, 0.25) is 0 Å². The summed E-state index contributed by atoms with van der Waals surface area (Å²) in [6.07, 6.45) is 3.04. The third kappa shape index (κ3) is 2.13. The third-order valence-electron chi connectivity index (χ3n) is 3.39. The van der Waals surface area contributed by atoms with E-state index in [-0.39, 0.29) is 0 Å². The van der Waals surface area contributed by atoms with Crippen LogP contribution < -0.4 is 4.90 Å². The van der Waals surface area contributed by atoms with Gasteiger partial charge in [0.1, 0.15) is 0 Å². The average Bonchev–Trinajstić information content (AvgIpc) is 2.85. The highest BCUT2D eigenvalue weighted by Crippen LogP contribution is 2.30. The first-order chi connectivity index (χ1) is 8.78. The Kier molecular flexibility index (Phi) is 3.27. The Bertz CT molecular complexity index is 565. The van der Waals surface area contributed by atoms with Gasteiger partial charge in [-0.3, -0.25) is 4.98 Å². The van der Waals surface area contributed by atoms with Gasteiger partial charge < -0.3 is 4.90 Å². The van der Waals surface area contributed by atoms with Crippen molar-refractivity contribution < 1.29 is 0 Å². The van der Waals surface area contributed by atoms with Crippen LogP contribution in [0.5, 0.6) is 0 Å². The molecule has 4 heteroatoms. The molecule has 0 amide bonds. The number of fused-ring (bicyclic) bond motifs is 1. The molecule has 0 unspecified atom stereocenters. The number of halogens is 1. The van der Waals surface area contributed by atoms with E-state index in [1.54, 1.807) is 0 Å². The molecule has 0 N–H and O–H groups in total. The molecule has 0 aliphatic carbocycles. The van der Waals surface area contributed by atoms with Crippen LogP contribution in [0, 0.1) is 6.92 Å². The summed E-state index contributed by atoms with van der Waals surface area (Å²) in [5, 5.41) is 2.19. The average molecular weight is 279 g/mol. The second kappa shape index (κ2) is 4.90. The molecule has 0 bridgehead atoms. The summed E-state index contributed by atoms with van der Waals surface area (Å²) in [5.74, 6) is 0.523. The lowest BCUT2D eigenvalue weighted by Crippen LogP contribution is -2.30. The number of thiophene rings is 1. The molecule has 0 fully saturated rings. The Morgan fingerprint density at radius 3 is 3.22 bits per heavy atom. The van der Waals surface area contributed by atoms with Gasteiger partial charge in [-0.1, -0.05) is 0 Å². The molecule has 2 aromatic rings. The van der Waals surface area contributed by atoms with Gasteiger partial charge in [-0.25, -0.2) is 0 Å². The van der Waals surface area contributed by atoms with Crippen molar-refractivity contribution in [2.75, 3.05) is 11.4 Å². The zero-order valence-electron chi connectivity index (χ0n) is 10.3. The largest absolute Gasteiger partial charge is 0.366 e. The summed E-state index contributed by atoms with van der Waals surface area (Å²) in [4.78, 5) is 8.28. The smallest absolute Gasteiger partial charge is 0.0509 e. The number of anilines is 1. The van der Waals surface area contributed by atoms with Crippen LogP contribution in [0.25, 0.3) is 0 Å². The summed E-state index contributed by atoms with van der Waals surface area (Å²) in [7, 11) is 0. The Hall–Kier alpha value is -1.06. The quantitative estimate of drug-likeness (QED) is 0.778. The van der Waals surface area contributed by atoms with Gasteiger partial charge in [-0.2, -0.15) is 0 Å². The van der Waals surface area contributed by atoms with Crippen molar-refractivity contribution in [3.05, 3.63) is 45.4 Å². The van der Waals surface area contributed by atoms with E-state index in [1.807, 2.05) is 24.5 Å². The van der Waals surface area contributed by atoms with Crippen LogP contribution in [0.4, 0.5) is 5.69 Å². The summed E-state index contributed by atoms with van der Waals surface area (Å²) in [6, 6.07) is 4.38. The van der Waals surface area contributed by atoms with Crippen molar-refractivity contribution in [2.45, 2.75) is 25.8 Å². The van der Waals surface area contributed by atoms with E-state index in [1.165, 1.54) is 16.1 Å². The maximum Gasteiger partial charge on any atom is 0.0509 e. The lowest BCUT2D eigenvalue weighted by Gasteiger charge is -2.30. The highest BCUT2D eigenvalue weighted by Gasteiger charge is 2.19. The van der Waals surface area contributed by atoms with Crippen molar-refractivity contribution in [1.29, 1.82) is 0 Å². The van der Waals surface area contributed by atoms with E-state index < -0.39 is 0 Å². The summed E-state index contributed by atoms with van der Waals surface area (Å²) in [5.41, 5.74) is 4.88. The Morgan fingerprint density at radius 1 is 1.50 bits per heavy atom. The van der Waals surface area contributed by atoms with Gasteiger partial charge in [0, 0.05) is 41.1 Å². The summed E-state index contributed by atoms with van der Waals surface area (Å²) in [6.45, 7) is 4.09. The second-order valence-corrected chi connectivity index (χ2v) is 5.90. The highest BCUT2D eigenvalue weighted by atomic mass is 35.5. The molecule has 0 saturated carbocycles. The van der Waals surface area contributed by atoms with E-state index in [0.717, 1.165) is 30.8 Å². The van der Waals surface area contributed by atoms with E-state index >= 15 is 0 Å². The monoisotopic (exact) mass is 278 g/mol. The van der Waals surface area contributed by atoms with Gasteiger partial charge in [-0.15, -0.1) is 22.9 Å². The molecule has 3 rings (SSSR count). The predicted octanol–water partition coefficient (Wildman–Crippen LogP) is 3.75. The standard InChI is InChI=1S/C14H15ClN2S/c1-10-6-13(12(7-15)8-16-10)17-4-2-14-11(9-17)3-5-18-14/h3,5-6,8H,2,4,7,9H2,1H3. The Labute approximate surface area is 116 Å². The van der Waals surface area contributed by atoms with Crippen LogP contribution >= 0.6 is 22.9 Å². The van der Waals surface area contributed by atoms with Crippen molar-refractivity contribution in [3.8, 4) is 0 Å². The lowest BCUT2D eigenvalue weighted by molar-refractivity contribution is 0.739. The molecule has 0 spiro atoms. The van der Waals surface area contributed by atoms with Crippen LogP contribution in [0.1, 0.15) is 21.7 Å². The maximum absolute atomic E-state index is 6.02. The molecule has 0 atom stereocenters. The normalized spacial score (nSPS) is 14.7. The van der Waals surface area contributed by atoms with E-state index in [0.29, 0.717) is 5.88 Å². The summed E-state index contributed by atoms with van der Waals surface area (Å²) >= 11 is 7.89. The fraction of sp³-hybridized carbons (Fsp3) is 0.357. The molecule has 94 valence electrons. The molecular weight excluding hydrogens is 264 g/mol. The van der Waals surface area contributed by atoms with E-state index in [2.05, 4.69) is 27.4 Å². The molecular formula is C14H15ClN2S. The summed E-state index contributed by atoms with van der Waals surface area (Å²) < 4.78 is 0. The zero-order chi connectivity index (χ0) is 12.5. The SMILES string of the molecule is Cc1cc(N2CCc3sccc3C2)c(CCl)cn1. The fourth-order valence-electron chi connectivity index (χ4n) is 2.43. The lowest BCUT2D eigenvalue weighted by atomic mass is 10.1. The molecule has 0 radical (unpaired) electrons. The molecule has 3 heterocycles. The zero-order valence-corrected chi connectivity index (χ0v) is 11.9. The molecule has 18 heavy (non-hydrogen) atoms. The van der Waals surface area contributed by atoms with Crippen LogP contribution in [-0.2, 0) is 18.8 Å². The van der Waals surface area contributed by atoms with Gasteiger partial charge in [0.2, 0.25) is 0 Å². The predicted molar refractivity (Wildman–Crippen MR) is 77.6 cm³/mol. The second-order valence-electron chi connectivity index (χ2n) is 4.63. The Morgan fingerprint density at radius 2 is 2.39 bits per heavy atom. The molecule has 2 aromatic heterocycles. The van der Waals surface area contributed by atoms with Crippen molar-refractivity contribution in [1.82, 2.24) is 4.98 Å². The third-order valence-corrected chi connectivity index (χ3v) is 4.70. The minimum Gasteiger partial charge on any atom is -0.366 e. The number of hydrogen-bond acceptors (Lipinski definition) is 3. The van der Waals surface area contributed by atoms with Crippen molar-refractivity contribution in [2.24, 2.45) is 0 Å². The Balaban J connectivity index is 1.94. The number of hydrogen-bond donors (Lipinski definition) is 0. The van der Waals surface area contributed by atoms with Gasteiger partial charge in [0.05, 0.1) is 5.88 Å². The maximum atomic E-state index is 6.02. The van der Waals surface area contributed by atoms with Gasteiger partial charge in [-0.05, 0) is 36.4 Å². The first kappa shape index (κ1) is 12.0. The van der Waals surface area contributed by atoms with Gasteiger partial charge in [0.15, 0.2) is 0 Å². The number of aromatic nitrogens is 1. The highest BCUT2D eigenvalue weighted by molar-refractivity contribution is 7.10. The molecule has 0 aromatic carbocycles. The van der Waals surface area contributed by atoms with Crippen LogP contribution in [0.3, 0.4) is 0 Å². The van der Waals surface area contributed by atoms with Crippen molar-refractivity contribution >= 4 is 28.6 Å². The number of pyridine rings is 1. The van der Waals surface area contributed by atoms with Gasteiger partial charge in [0.25, 0.3) is 0 Å². The van der Waals surface area contributed by atoms with E-state index in [9.17, 15) is 0 Å². The minimum atomic E-state index is 0.523. The fourth-order valence-corrected chi connectivity index (χ4v) is 3.52.